The molecule has 0 aromatic heterocycles. The molecule has 11 nitrogen and oxygen atoms in total. The van der Waals surface area contributed by atoms with Gasteiger partial charge in [0, 0.05) is 24.9 Å². The molecule has 0 saturated carbocycles. The Morgan fingerprint density at radius 1 is 0.489 bits per heavy atom. The number of carbonyl (C=O) groups excluding carboxylic acids is 6. The van der Waals surface area contributed by atoms with Gasteiger partial charge in [-0.25, -0.2) is 0 Å². The zero-order chi connectivity index (χ0) is 36.1. The van der Waals surface area contributed by atoms with Gasteiger partial charge in [0.1, 0.15) is 0 Å². The van der Waals surface area contributed by atoms with Crippen molar-refractivity contribution >= 4 is 35.6 Å². The third kappa shape index (κ3) is 13.4. The Hall–Kier alpha value is -2.66. The van der Waals surface area contributed by atoms with Gasteiger partial charge in [0.2, 0.25) is 23.6 Å². The van der Waals surface area contributed by atoms with Crippen molar-refractivity contribution < 1.29 is 33.5 Å². The van der Waals surface area contributed by atoms with Gasteiger partial charge in [-0.3, -0.25) is 38.6 Å². The van der Waals surface area contributed by atoms with E-state index in [0.29, 0.717) is 32.4 Å². The first-order valence-corrected chi connectivity index (χ1v) is 18.2. The molecule has 4 amide bonds. The van der Waals surface area contributed by atoms with Gasteiger partial charge in [0.15, 0.2) is 0 Å². The van der Waals surface area contributed by atoms with E-state index in [-0.39, 0.29) is 71.1 Å². The maximum absolute atomic E-state index is 12.8. The maximum atomic E-state index is 12.8. The normalized spacial score (nSPS) is 25.2. The van der Waals surface area contributed by atoms with E-state index in [2.05, 4.69) is 18.6 Å². The van der Waals surface area contributed by atoms with E-state index in [0.717, 1.165) is 58.0 Å². The second-order valence-corrected chi connectivity index (χ2v) is 12.8. The van der Waals surface area contributed by atoms with Crippen LogP contribution < -0.4 is 11.5 Å². The number of nitrogens with two attached hydrogens (primary N) is 2. The highest BCUT2D eigenvalue weighted by atomic mass is 16.6. The number of hydrogen-bond donors (Lipinski definition) is 2. The van der Waals surface area contributed by atoms with E-state index >= 15 is 0 Å². The standard InChI is InChI=1S/C21H34N2O4.C8H12O3.C4H11N.C3H9N/c1-5-8-13-23-20(26)16(9-6-2)17(21(23)27)11-10-15-14(4)18(24)22(12-7-3)19(15)25;1-3-4-6-5(2)7(9)11-8(6)10;1-2-3-4-5;1-2-3-4/h14-17H,5-13H2,1-4H3;5-6H,3-4H2,1-2H3;2-5H2,1H3;2-4H2,1H3. The number of unbranched alkanes of at least 4 members (excludes halogenated alkanes) is 2. The second-order valence-electron chi connectivity index (χ2n) is 12.8. The summed E-state index contributed by atoms with van der Waals surface area (Å²) in [7, 11) is 0. The number of imide groups is 2. The summed E-state index contributed by atoms with van der Waals surface area (Å²) in [5.41, 5.74) is 10.2. The zero-order valence-electron chi connectivity index (χ0n) is 30.7. The minimum Gasteiger partial charge on any atom is -0.393 e. The SMILES string of the molecule is CCCC1C(=O)OC(=O)C1C.CCCCN.CCCCN1C(=O)C(CCC)C(CCC2C(=O)N(CCC)C(=O)C2C)C1=O.CCCN. The third-order valence-electron chi connectivity index (χ3n) is 8.99. The highest BCUT2D eigenvalue weighted by Crippen LogP contribution is 2.37. The molecule has 3 rings (SSSR count). The summed E-state index contributed by atoms with van der Waals surface area (Å²) in [6.45, 7) is 18.3. The molecule has 11 heteroatoms. The van der Waals surface area contributed by atoms with Crippen molar-refractivity contribution in [3.63, 3.8) is 0 Å². The Kier molecular flexibility index (Phi) is 23.1. The molecule has 3 heterocycles. The topological polar surface area (TPSA) is 170 Å². The third-order valence-corrected chi connectivity index (χ3v) is 8.99. The van der Waals surface area contributed by atoms with Crippen molar-refractivity contribution in [2.24, 2.45) is 47.0 Å². The van der Waals surface area contributed by atoms with Gasteiger partial charge in [0.25, 0.3) is 0 Å². The fourth-order valence-corrected chi connectivity index (χ4v) is 5.99. The number of carbonyl (C=O) groups is 6. The monoisotopic (exact) mass is 666 g/mol. The van der Waals surface area contributed by atoms with Crippen molar-refractivity contribution in [2.75, 3.05) is 26.2 Å². The van der Waals surface area contributed by atoms with Crippen LogP contribution in [0.25, 0.3) is 0 Å². The molecule has 0 aromatic carbocycles. The van der Waals surface area contributed by atoms with Gasteiger partial charge in [-0.15, -0.1) is 0 Å². The average molecular weight is 667 g/mol. The summed E-state index contributed by atoms with van der Waals surface area (Å²) in [4.78, 5) is 75.1. The number of ether oxygens (including phenoxy) is 1. The summed E-state index contributed by atoms with van der Waals surface area (Å²) in [5, 5.41) is 0. The van der Waals surface area contributed by atoms with Crippen LogP contribution in [-0.2, 0) is 33.5 Å². The lowest BCUT2D eigenvalue weighted by Gasteiger charge is -2.18. The van der Waals surface area contributed by atoms with Crippen molar-refractivity contribution in [2.45, 2.75) is 132 Å². The van der Waals surface area contributed by atoms with Crippen LogP contribution in [0.1, 0.15) is 132 Å². The van der Waals surface area contributed by atoms with Crippen LogP contribution in [0.15, 0.2) is 0 Å². The number of nitrogens with zero attached hydrogens (tertiary/aromatic N) is 2. The molecule has 47 heavy (non-hydrogen) atoms. The second kappa shape index (κ2) is 24.5. The minimum atomic E-state index is -0.367. The Morgan fingerprint density at radius 2 is 0.957 bits per heavy atom. The van der Waals surface area contributed by atoms with Crippen LogP contribution in [0.2, 0.25) is 0 Å². The molecule has 0 spiro atoms. The van der Waals surface area contributed by atoms with Gasteiger partial charge < -0.3 is 16.2 Å². The molecule has 0 radical (unpaired) electrons. The summed E-state index contributed by atoms with van der Waals surface area (Å²) >= 11 is 0. The first-order valence-electron chi connectivity index (χ1n) is 18.2. The smallest absolute Gasteiger partial charge is 0.317 e. The Labute approximate surface area is 284 Å². The van der Waals surface area contributed by atoms with E-state index in [4.69, 9.17) is 11.5 Å². The predicted octanol–water partition coefficient (Wildman–Crippen LogP) is 5.22. The first kappa shape index (κ1) is 44.3. The van der Waals surface area contributed by atoms with Gasteiger partial charge in [-0.05, 0) is 64.5 Å². The van der Waals surface area contributed by atoms with E-state index in [1.807, 2.05) is 27.7 Å². The molecule has 0 aliphatic carbocycles. The molecular weight excluding hydrogens is 600 g/mol. The lowest BCUT2D eigenvalue weighted by molar-refractivity contribution is -0.154. The zero-order valence-corrected chi connectivity index (χ0v) is 30.7. The Balaban J connectivity index is 0.000000860. The lowest BCUT2D eigenvalue weighted by atomic mass is 9.83. The number of amides is 4. The van der Waals surface area contributed by atoms with E-state index < -0.39 is 0 Å². The van der Waals surface area contributed by atoms with Crippen molar-refractivity contribution in [1.29, 1.82) is 0 Å². The number of likely N-dealkylation sites (tertiary alicyclic amines) is 2. The van der Waals surface area contributed by atoms with Crippen LogP contribution in [0.3, 0.4) is 0 Å². The van der Waals surface area contributed by atoms with E-state index in [9.17, 15) is 28.8 Å². The lowest BCUT2D eigenvalue weighted by Crippen LogP contribution is -2.32. The fraction of sp³-hybridized carbons (Fsp3) is 0.833. The molecular formula is C36H66N4O7. The summed E-state index contributed by atoms with van der Waals surface area (Å²) < 4.78 is 4.46. The molecule has 3 fully saturated rings. The molecule has 272 valence electrons. The predicted molar refractivity (Wildman–Crippen MR) is 184 cm³/mol. The number of rotatable bonds is 15. The molecule has 6 unspecified atom stereocenters. The van der Waals surface area contributed by atoms with Crippen LogP contribution in [-0.4, -0.2) is 71.5 Å². The molecule has 0 aromatic rings. The molecule has 3 aliphatic heterocycles. The van der Waals surface area contributed by atoms with Gasteiger partial charge in [-0.2, -0.15) is 0 Å². The van der Waals surface area contributed by atoms with Gasteiger partial charge >= 0.3 is 11.9 Å². The minimum absolute atomic E-state index is 0.0465. The molecule has 0 bridgehead atoms. The quantitative estimate of drug-likeness (QED) is 0.135. The summed E-state index contributed by atoms with van der Waals surface area (Å²) in [6, 6.07) is 0. The van der Waals surface area contributed by atoms with Crippen LogP contribution in [0.5, 0.6) is 0 Å². The van der Waals surface area contributed by atoms with Crippen LogP contribution >= 0.6 is 0 Å². The average Bonchev–Trinajstić information content (AvgIpc) is 3.52. The number of cyclic esters (lactones) is 2. The number of hydrogen-bond acceptors (Lipinski definition) is 9. The van der Waals surface area contributed by atoms with Gasteiger partial charge in [0.05, 0.1) is 23.7 Å². The van der Waals surface area contributed by atoms with Crippen molar-refractivity contribution in [3.05, 3.63) is 0 Å². The number of esters is 2. The summed E-state index contributed by atoms with van der Waals surface area (Å²) in [6.07, 6.45) is 10.2. The first-order chi connectivity index (χ1) is 22.4. The van der Waals surface area contributed by atoms with Crippen LogP contribution in [0, 0.1) is 35.5 Å². The Morgan fingerprint density at radius 3 is 1.36 bits per heavy atom. The molecule has 4 N–H and O–H groups in total. The van der Waals surface area contributed by atoms with Crippen molar-refractivity contribution in [3.8, 4) is 0 Å². The van der Waals surface area contributed by atoms with Gasteiger partial charge in [-0.1, -0.05) is 81.1 Å². The molecule has 3 aliphatic rings. The van der Waals surface area contributed by atoms with E-state index in [1.54, 1.807) is 13.8 Å². The van der Waals surface area contributed by atoms with E-state index in [1.165, 1.54) is 22.6 Å². The highest BCUT2D eigenvalue weighted by Gasteiger charge is 2.49. The summed E-state index contributed by atoms with van der Waals surface area (Å²) in [5.74, 6) is -2.78. The Bertz CT molecular complexity index is 984. The van der Waals surface area contributed by atoms with Crippen LogP contribution in [0.4, 0.5) is 0 Å². The largest absolute Gasteiger partial charge is 0.393 e. The fourth-order valence-electron chi connectivity index (χ4n) is 5.99. The molecule has 3 saturated heterocycles. The maximum Gasteiger partial charge on any atom is 0.317 e. The van der Waals surface area contributed by atoms with Crippen molar-refractivity contribution in [1.82, 2.24) is 9.80 Å². The highest BCUT2D eigenvalue weighted by molar-refractivity contribution is 6.06. The molecule has 6 atom stereocenters.